The molecule has 21 heavy (non-hydrogen) atoms. The lowest BCUT2D eigenvalue weighted by Crippen LogP contribution is -2.22. The van der Waals surface area contributed by atoms with Crippen molar-refractivity contribution in [3.8, 4) is 17.6 Å². The Bertz CT molecular complexity index is 754. The molecule has 0 aliphatic heterocycles. The number of ether oxygens (including phenoxy) is 1. The van der Waals surface area contributed by atoms with Gasteiger partial charge in [0.1, 0.15) is 5.75 Å². The molecular weight excluding hydrogens is 266 g/mol. The van der Waals surface area contributed by atoms with E-state index in [2.05, 4.69) is 16.9 Å². The second kappa shape index (κ2) is 6.73. The van der Waals surface area contributed by atoms with E-state index in [1.54, 1.807) is 19.4 Å². The van der Waals surface area contributed by atoms with Crippen molar-refractivity contribution in [2.75, 3.05) is 13.7 Å². The molecule has 0 fully saturated rings. The maximum atomic E-state index is 11.9. The number of hydrogen-bond donors (Lipinski definition) is 1. The standard InChI is InChI=1S/C16H17N3O2/c1-12-8-16(20)19(18-10-12)11-13-5-6-15(21-2)14(9-13)4-3-7-17/h5-6,8-10H,7,11,17H2,1-2H3. The maximum absolute atomic E-state index is 11.9. The number of nitrogens with zero attached hydrogens (tertiary/aromatic N) is 2. The largest absolute Gasteiger partial charge is 0.495 e. The smallest absolute Gasteiger partial charge is 0.267 e. The lowest BCUT2D eigenvalue weighted by Gasteiger charge is -2.08. The molecule has 0 aliphatic rings. The summed E-state index contributed by atoms with van der Waals surface area (Å²) in [6, 6.07) is 7.16. The van der Waals surface area contributed by atoms with E-state index in [1.165, 1.54) is 4.68 Å². The first-order valence-electron chi connectivity index (χ1n) is 6.53. The second-order valence-corrected chi connectivity index (χ2v) is 4.57. The van der Waals surface area contributed by atoms with Gasteiger partial charge in [-0.15, -0.1) is 0 Å². The molecule has 2 aromatic rings. The van der Waals surface area contributed by atoms with E-state index >= 15 is 0 Å². The van der Waals surface area contributed by atoms with E-state index in [-0.39, 0.29) is 12.1 Å². The van der Waals surface area contributed by atoms with Crippen LogP contribution in [0.2, 0.25) is 0 Å². The van der Waals surface area contributed by atoms with Gasteiger partial charge in [0.2, 0.25) is 0 Å². The van der Waals surface area contributed by atoms with Crippen molar-refractivity contribution < 1.29 is 4.74 Å². The van der Waals surface area contributed by atoms with Gasteiger partial charge < -0.3 is 10.5 Å². The highest BCUT2D eigenvalue weighted by Crippen LogP contribution is 2.19. The predicted molar refractivity (Wildman–Crippen MR) is 81.3 cm³/mol. The van der Waals surface area contributed by atoms with Gasteiger partial charge in [-0.1, -0.05) is 17.9 Å². The van der Waals surface area contributed by atoms with E-state index in [0.717, 1.165) is 16.7 Å². The molecule has 2 rings (SSSR count). The van der Waals surface area contributed by atoms with Crippen LogP contribution in [0.15, 0.2) is 35.3 Å². The summed E-state index contributed by atoms with van der Waals surface area (Å²) >= 11 is 0. The summed E-state index contributed by atoms with van der Waals surface area (Å²) in [5.74, 6) is 6.45. The third-order valence-corrected chi connectivity index (χ3v) is 2.93. The molecule has 0 bridgehead atoms. The molecule has 108 valence electrons. The normalized spacial score (nSPS) is 9.86. The van der Waals surface area contributed by atoms with Gasteiger partial charge in [-0.25, -0.2) is 4.68 Å². The van der Waals surface area contributed by atoms with E-state index in [1.807, 2.05) is 25.1 Å². The highest BCUT2D eigenvalue weighted by molar-refractivity contribution is 5.48. The van der Waals surface area contributed by atoms with Crippen LogP contribution in [0, 0.1) is 18.8 Å². The lowest BCUT2D eigenvalue weighted by molar-refractivity contribution is 0.413. The fraction of sp³-hybridized carbons (Fsp3) is 0.250. The van der Waals surface area contributed by atoms with Crippen molar-refractivity contribution in [1.29, 1.82) is 0 Å². The minimum absolute atomic E-state index is 0.125. The molecule has 0 aliphatic carbocycles. The Labute approximate surface area is 123 Å². The molecule has 0 spiro atoms. The topological polar surface area (TPSA) is 70.1 Å². The van der Waals surface area contributed by atoms with Crippen LogP contribution in [0.4, 0.5) is 0 Å². The van der Waals surface area contributed by atoms with E-state index in [0.29, 0.717) is 12.3 Å². The van der Waals surface area contributed by atoms with Gasteiger partial charge in [0.15, 0.2) is 0 Å². The zero-order valence-corrected chi connectivity index (χ0v) is 12.1. The maximum Gasteiger partial charge on any atom is 0.267 e. The van der Waals surface area contributed by atoms with E-state index in [4.69, 9.17) is 10.5 Å². The molecule has 0 saturated heterocycles. The zero-order valence-electron chi connectivity index (χ0n) is 12.1. The summed E-state index contributed by atoms with van der Waals surface area (Å²) in [7, 11) is 1.59. The number of aromatic nitrogens is 2. The van der Waals surface area contributed by atoms with Gasteiger partial charge in [-0.05, 0) is 30.2 Å². The summed E-state index contributed by atoms with van der Waals surface area (Å²) < 4.78 is 6.67. The molecular formula is C16H17N3O2. The van der Waals surface area contributed by atoms with Crippen LogP contribution in [0.1, 0.15) is 16.7 Å². The number of benzene rings is 1. The number of methoxy groups -OCH3 is 1. The highest BCUT2D eigenvalue weighted by Gasteiger charge is 2.04. The number of hydrogen-bond acceptors (Lipinski definition) is 4. The highest BCUT2D eigenvalue weighted by atomic mass is 16.5. The van der Waals surface area contributed by atoms with Crippen molar-refractivity contribution in [3.05, 3.63) is 57.5 Å². The Morgan fingerprint density at radius 3 is 2.86 bits per heavy atom. The van der Waals surface area contributed by atoms with Crippen LogP contribution in [-0.4, -0.2) is 23.4 Å². The SMILES string of the molecule is COc1ccc(Cn2ncc(C)cc2=O)cc1C#CCN. The minimum atomic E-state index is -0.125. The third kappa shape index (κ3) is 3.71. The Morgan fingerprint density at radius 1 is 1.38 bits per heavy atom. The van der Waals surface area contributed by atoms with Crippen molar-refractivity contribution in [2.24, 2.45) is 5.73 Å². The lowest BCUT2D eigenvalue weighted by atomic mass is 10.1. The molecule has 1 heterocycles. The Morgan fingerprint density at radius 2 is 2.19 bits per heavy atom. The molecule has 5 nitrogen and oxygen atoms in total. The quantitative estimate of drug-likeness (QED) is 0.850. The average molecular weight is 283 g/mol. The van der Waals surface area contributed by atoms with Gasteiger partial charge >= 0.3 is 0 Å². The van der Waals surface area contributed by atoms with Crippen LogP contribution < -0.4 is 16.0 Å². The molecule has 0 radical (unpaired) electrons. The molecule has 0 unspecified atom stereocenters. The first-order valence-corrected chi connectivity index (χ1v) is 6.53. The molecule has 0 saturated carbocycles. The van der Waals surface area contributed by atoms with Crippen molar-refractivity contribution in [3.63, 3.8) is 0 Å². The van der Waals surface area contributed by atoms with Gasteiger partial charge in [-0.3, -0.25) is 4.79 Å². The summed E-state index contributed by atoms with van der Waals surface area (Å²) in [6.07, 6.45) is 1.67. The molecule has 1 aromatic carbocycles. The van der Waals surface area contributed by atoms with Crippen LogP contribution in [-0.2, 0) is 6.54 Å². The van der Waals surface area contributed by atoms with Crippen molar-refractivity contribution >= 4 is 0 Å². The molecule has 2 N–H and O–H groups in total. The van der Waals surface area contributed by atoms with Crippen molar-refractivity contribution in [1.82, 2.24) is 9.78 Å². The Kier molecular flexibility index (Phi) is 4.75. The molecule has 1 aromatic heterocycles. The number of nitrogens with two attached hydrogens (primary N) is 1. The predicted octanol–water partition coefficient (Wildman–Crippen LogP) is 0.919. The summed E-state index contributed by atoms with van der Waals surface area (Å²) in [5, 5.41) is 4.12. The van der Waals surface area contributed by atoms with Crippen LogP contribution in [0.3, 0.4) is 0 Å². The third-order valence-electron chi connectivity index (χ3n) is 2.93. The fourth-order valence-corrected chi connectivity index (χ4v) is 1.91. The van der Waals surface area contributed by atoms with Crippen LogP contribution in [0.5, 0.6) is 5.75 Å². The van der Waals surface area contributed by atoms with Gasteiger partial charge in [0.05, 0.1) is 32.0 Å². The minimum Gasteiger partial charge on any atom is -0.495 e. The van der Waals surface area contributed by atoms with Gasteiger partial charge in [0, 0.05) is 6.07 Å². The fourth-order valence-electron chi connectivity index (χ4n) is 1.91. The average Bonchev–Trinajstić information content (AvgIpc) is 2.48. The summed E-state index contributed by atoms with van der Waals surface area (Å²) in [4.78, 5) is 11.9. The Hall–Kier alpha value is -2.58. The molecule has 5 heteroatoms. The summed E-state index contributed by atoms with van der Waals surface area (Å²) in [5.41, 5.74) is 7.79. The van der Waals surface area contributed by atoms with Crippen molar-refractivity contribution in [2.45, 2.75) is 13.5 Å². The van der Waals surface area contributed by atoms with Crippen LogP contribution >= 0.6 is 0 Å². The van der Waals surface area contributed by atoms with E-state index in [9.17, 15) is 4.79 Å². The monoisotopic (exact) mass is 283 g/mol. The number of rotatable bonds is 3. The Balaban J connectivity index is 2.34. The molecule has 0 amide bonds. The first kappa shape index (κ1) is 14.8. The number of aryl methyl sites for hydroxylation is 1. The van der Waals surface area contributed by atoms with Gasteiger partial charge in [0.25, 0.3) is 5.56 Å². The van der Waals surface area contributed by atoms with Crippen LogP contribution in [0.25, 0.3) is 0 Å². The van der Waals surface area contributed by atoms with Gasteiger partial charge in [-0.2, -0.15) is 5.10 Å². The molecule has 0 atom stereocenters. The first-order chi connectivity index (χ1) is 10.1. The van der Waals surface area contributed by atoms with E-state index < -0.39 is 0 Å². The second-order valence-electron chi connectivity index (χ2n) is 4.57. The summed E-state index contributed by atoms with van der Waals surface area (Å²) in [6.45, 7) is 2.51. The zero-order chi connectivity index (χ0) is 15.2.